The zero-order valence-electron chi connectivity index (χ0n) is 14.6. The topological polar surface area (TPSA) is 67.9 Å². The maximum atomic E-state index is 13.4. The van der Waals surface area contributed by atoms with Gasteiger partial charge in [-0.25, -0.2) is 4.39 Å². The molecule has 0 atom stereocenters. The average Bonchev–Trinajstić information content (AvgIpc) is 3.40. The van der Waals surface area contributed by atoms with Gasteiger partial charge >= 0.3 is 0 Å². The molecule has 1 aliphatic carbocycles. The van der Waals surface area contributed by atoms with Gasteiger partial charge < -0.3 is 19.7 Å². The summed E-state index contributed by atoms with van der Waals surface area (Å²) in [6.45, 7) is 0.357. The van der Waals surface area contributed by atoms with E-state index in [2.05, 4.69) is 5.32 Å². The van der Waals surface area contributed by atoms with E-state index in [0.717, 1.165) is 18.4 Å². The fourth-order valence-electron chi connectivity index (χ4n) is 3.04. The molecule has 1 fully saturated rings. The van der Waals surface area contributed by atoms with Crippen LogP contribution in [0, 0.1) is 5.82 Å². The van der Waals surface area contributed by atoms with Crippen molar-refractivity contribution in [2.75, 3.05) is 13.3 Å². The van der Waals surface area contributed by atoms with Crippen LogP contribution in [0.1, 0.15) is 28.8 Å². The van der Waals surface area contributed by atoms with Crippen LogP contribution in [-0.2, 0) is 11.3 Å². The lowest BCUT2D eigenvalue weighted by Gasteiger charge is -2.23. The van der Waals surface area contributed by atoms with E-state index in [9.17, 15) is 14.0 Å². The largest absolute Gasteiger partial charge is 0.454 e. The lowest BCUT2D eigenvalue weighted by Crippen LogP contribution is -2.41. The van der Waals surface area contributed by atoms with Crippen molar-refractivity contribution in [3.8, 4) is 11.5 Å². The summed E-state index contributed by atoms with van der Waals surface area (Å²) < 4.78 is 23.9. The number of halogens is 1. The third kappa shape index (κ3) is 4.02. The molecule has 0 aromatic heterocycles. The summed E-state index contributed by atoms with van der Waals surface area (Å²) in [6, 6.07) is 11.2. The predicted molar refractivity (Wildman–Crippen MR) is 94.9 cm³/mol. The Morgan fingerprint density at radius 1 is 1.11 bits per heavy atom. The zero-order chi connectivity index (χ0) is 18.8. The van der Waals surface area contributed by atoms with Crippen molar-refractivity contribution in [3.05, 3.63) is 59.4 Å². The maximum absolute atomic E-state index is 13.4. The molecule has 0 spiro atoms. The first-order chi connectivity index (χ1) is 13.1. The monoisotopic (exact) mass is 370 g/mol. The van der Waals surface area contributed by atoms with Crippen LogP contribution in [-0.4, -0.2) is 36.1 Å². The van der Waals surface area contributed by atoms with Crippen molar-refractivity contribution in [2.24, 2.45) is 0 Å². The molecule has 7 heteroatoms. The summed E-state index contributed by atoms with van der Waals surface area (Å²) in [4.78, 5) is 26.6. The van der Waals surface area contributed by atoms with Crippen LogP contribution in [0.3, 0.4) is 0 Å². The molecule has 2 aliphatic rings. The van der Waals surface area contributed by atoms with E-state index < -0.39 is 0 Å². The summed E-state index contributed by atoms with van der Waals surface area (Å²) in [6.07, 6.45) is 1.86. The van der Waals surface area contributed by atoms with Crippen LogP contribution in [0.4, 0.5) is 4.39 Å². The van der Waals surface area contributed by atoms with E-state index >= 15 is 0 Å². The fraction of sp³-hybridized carbons (Fsp3) is 0.300. The second-order valence-corrected chi connectivity index (χ2v) is 6.63. The summed E-state index contributed by atoms with van der Waals surface area (Å²) in [5, 5.41) is 2.65. The van der Waals surface area contributed by atoms with Crippen molar-refractivity contribution in [3.63, 3.8) is 0 Å². The van der Waals surface area contributed by atoms with Crippen LogP contribution in [0.2, 0.25) is 0 Å². The Kier molecular flexibility index (Phi) is 4.66. The van der Waals surface area contributed by atoms with Gasteiger partial charge in [0.15, 0.2) is 11.5 Å². The molecule has 1 N–H and O–H groups in total. The quantitative estimate of drug-likeness (QED) is 0.848. The van der Waals surface area contributed by atoms with Crippen molar-refractivity contribution in [1.82, 2.24) is 10.2 Å². The molecule has 2 aromatic rings. The third-order valence-electron chi connectivity index (χ3n) is 4.58. The Morgan fingerprint density at radius 2 is 1.93 bits per heavy atom. The van der Waals surface area contributed by atoms with Gasteiger partial charge in [-0.1, -0.05) is 12.1 Å². The molecule has 2 aromatic carbocycles. The molecule has 1 aliphatic heterocycles. The van der Waals surface area contributed by atoms with Gasteiger partial charge in [-0.2, -0.15) is 0 Å². The van der Waals surface area contributed by atoms with Gasteiger partial charge in [0.05, 0.1) is 6.54 Å². The normalized spacial score (nSPS) is 14.7. The van der Waals surface area contributed by atoms with Gasteiger partial charge in [-0.3, -0.25) is 9.59 Å². The fourth-order valence-corrected chi connectivity index (χ4v) is 3.04. The molecule has 1 saturated carbocycles. The first-order valence-corrected chi connectivity index (χ1v) is 8.82. The van der Waals surface area contributed by atoms with E-state index in [-0.39, 0.29) is 37.0 Å². The molecule has 0 unspecified atom stereocenters. The summed E-state index contributed by atoms with van der Waals surface area (Å²) in [5.41, 5.74) is 1.13. The van der Waals surface area contributed by atoms with Crippen LogP contribution >= 0.6 is 0 Å². The van der Waals surface area contributed by atoms with Gasteiger partial charge in [-0.05, 0) is 48.7 Å². The van der Waals surface area contributed by atoms with Crippen molar-refractivity contribution >= 4 is 11.8 Å². The number of rotatable bonds is 6. The molecule has 1 heterocycles. The Hall–Kier alpha value is -3.09. The van der Waals surface area contributed by atoms with Crippen LogP contribution < -0.4 is 14.8 Å². The molecule has 4 rings (SSSR count). The molecule has 27 heavy (non-hydrogen) atoms. The average molecular weight is 370 g/mol. The highest BCUT2D eigenvalue weighted by Crippen LogP contribution is 2.32. The van der Waals surface area contributed by atoms with Crippen LogP contribution in [0.15, 0.2) is 42.5 Å². The van der Waals surface area contributed by atoms with E-state index in [1.54, 1.807) is 35.2 Å². The highest BCUT2D eigenvalue weighted by Gasteiger charge is 2.32. The van der Waals surface area contributed by atoms with Crippen LogP contribution in [0.5, 0.6) is 11.5 Å². The predicted octanol–water partition coefficient (Wildman–Crippen LogP) is 2.48. The van der Waals surface area contributed by atoms with Gasteiger partial charge in [0, 0.05) is 18.2 Å². The Bertz CT molecular complexity index is 882. The number of ether oxygens (including phenoxy) is 2. The number of fused-ring (bicyclic) bond motifs is 1. The number of amides is 2. The molecular formula is C20H19FN2O4. The Morgan fingerprint density at radius 3 is 2.70 bits per heavy atom. The number of nitrogens with zero attached hydrogens (tertiary/aromatic N) is 1. The maximum Gasteiger partial charge on any atom is 0.251 e. The van der Waals surface area contributed by atoms with Crippen molar-refractivity contribution < 1.29 is 23.5 Å². The van der Waals surface area contributed by atoms with E-state index in [1.165, 1.54) is 12.1 Å². The van der Waals surface area contributed by atoms with Gasteiger partial charge in [0.25, 0.3) is 5.91 Å². The molecule has 0 radical (unpaired) electrons. The molecule has 140 valence electrons. The minimum absolute atomic E-state index is 0.112. The highest BCUT2D eigenvalue weighted by molar-refractivity contribution is 5.97. The van der Waals surface area contributed by atoms with Crippen LogP contribution in [0.25, 0.3) is 0 Å². The lowest BCUT2D eigenvalue weighted by atomic mass is 10.2. The summed E-state index contributed by atoms with van der Waals surface area (Å²) >= 11 is 0. The second-order valence-electron chi connectivity index (χ2n) is 6.63. The van der Waals surface area contributed by atoms with Crippen molar-refractivity contribution in [2.45, 2.75) is 25.4 Å². The minimum atomic E-state index is -0.358. The highest BCUT2D eigenvalue weighted by atomic mass is 19.1. The Balaban J connectivity index is 1.37. The minimum Gasteiger partial charge on any atom is -0.454 e. The number of carbonyl (C=O) groups is 2. The first kappa shape index (κ1) is 17.3. The zero-order valence-corrected chi connectivity index (χ0v) is 14.6. The molecule has 6 nitrogen and oxygen atoms in total. The van der Waals surface area contributed by atoms with Crippen molar-refractivity contribution in [1.29, 1.82) is 0 Å². The standard InChI is InChI=1S/C20H19FN2O4/c21-15-3-1-2-13(8-15)11-23(16-5-6-16)19(24)10-22-20(25)14-4-7-17-18(9-14)27-12-26-17/h1-4,7-9,16H,5-6,10-12H2,(H,22,25). The first-order valence-electron chi connectivity index (χ1n) is 8.82. The number of hydrogen-bond donors (Lipinski definition) is 1. The van der Waals surface area contributed by atoms with Gasteiger partial charge in [-0.15, -0.1) is 0 Å². The summed E-state index contributed by atoms with van der Waals surface area (Å²) in [7, 11) is 0. The molecule has 2 amide bonds. The number of carbonyl (C=O) groups excluding carboxylic acids is 2. The van der Waals surface area contributed by atoms with Gasteiger partial charge in [0.1, 0.15) is 5.82 Å². The molecule has 0 bridgehead atoms. The smallest absolute Gasteiger partial charge is 0.251 e. The van der Waals surface area contributed by atoms with E-state index in [1.807, 2.05) is 0 Å². The second kappa shape index (κ2) is 7.26. The number of hydrogen-bond acceptors (Lipinski definition) is 4. The van der Waals surface area contributed by atoms with E-state index in [4.69, 9.17) is 9.47 Å². The molecular weight excluding hydrogens is 351 g/mol. The lowest BCUT2D eigenvalue weighted by molar-refractivity contribution is -0.131. The number of nitrogens with one attached hydrogen (secondary N) is 1. The SMILES string of the molecule is O=C(NCC(=O)N(Cc1cccc(F)c1)C1CC1)c1ccc2c(c1)OCO2. The number of benzene rings is 2. The molecule has 0 saturated heterocycles. The Labute approximate surface area is 155 Å². The van der Waals surface area contributed by atoms with Gasteiger partial charge in [0.2, 0.25) is 12.7 Å². The third-order valence-corrected chi connectivity index (χ3v) is 4.58. The van der Waals surface area contributed by atoms with E-state index in [0.29, 0.717) is 23.6 Å². The summed E-state index contributed by atoms with van der Waals surface area (Å²) in [5.74, 6) is 0.239.